The van der Waals surface area contributed by atoms with E-state index in [2.05, 4.69) is 37.2 Å². The number of amides is 2. The SMILES string of the molecule is CNC(=O)C(CCC=O)N1Cc2cc(C3CCN(CCOCCOCCN4CCC(n5nc(-c6ccc(Oc7ccccc7)cc6)c6c(N)ncnc65)CC4)CC3)ccc2C1=O. The Morgan fingerprint density at radius 1 is 0.871 bits per heavy atom. The molecule has 62 heavy (non-hydrogen) atoms. The van der Waals surface area contributed by atoms with Crippen molar-refractivity contribution in [3.8, 4) is 22.8 Å². The Kier molecular flexibility index (Phi) is 14.1. The van der Waals surface area contributed by atoms with Gasteiger partial charge >= 0.3 is 0 Å². The van der Waals surface area contributed by atoms with Gasteiger partial charge in [-0.25, -0.2) is 14.6 Å². The number of fused-ring (bicyclic) bond motifs is 2. The summed E-state index contributed by atoms with van der Waals surface area (Å²) >= 11 is 0. The number of nitrogens with zero attached hydrogens (tertiary/aromatic N) is 7. The van der Waals surface area contributed by atoms with Gasteiger partial charge in [0.2, 0.25) is 5.91 Å². The fourth-order valence-corrected chi connectivity index (χ4v) is 9.03. The lowest BCUT2D eigenvalue weighted by Crippen LogP contribution is -2.46. The van der Waals surface area contributed by atoms with Crippen LogP contribution in [0.2, 0.25) is 0 Å². The van der Waals surface area contributed by atoms with E-state index in [-0.39, 0.29) is 24.3 Å². The highest BCUT2D eigenvalue weighted by atomic mass is 16.5. The number of rotatable bonds is 19. The molecule has 2 saturated heterocycles. The fraction of sp³-hybridized carbons (Fsp3) is 0.447. The lowest BCUT2D eigenvalue weighted by atomic mass is 9.88. The number of likely N-dealkylation sites (tertiary alicyclic amines) is 2. The van der Waals surface area contributed by atoms with Gasteiger partial charge < -0.3 is 44.8 Å². The number of hydrogen-bond donors (Lipinski definition) is 2. The van der Waals surface area contributed by atoms with E-state index in [1.165, 1.54) is 11.9 Å². The molecule has 1 unspecified atom stereocenters. The zero-order chi connectivity index (χ0) is 42.8. The van der Waals surface area contributed by atoms with Gasteiger partial charge in [0.15, 0.2) is 5.65 Å². The van der Waals surface area contributed by atoms with Crippen molar-refractivity contribution in [1.29, 1.82) is 0 Å². The van der Waals surface area contributed by atoms with Crippen LogP contribution in [0.25, 0.3) is 22.3 Å². The molecule has 5 aromatic rings. The van der Waals surface area contributed by atoms with Crippen LogP contribution in [0.15, 0.2) is 79.1 Å². The molecule has 3 aliphatic rings. The minimum Gasteiger partial charge on any atom is -0.457 e. The Bertz CT molecular complexity index is 2290. The molecule has 1 atom stereocenters. The van der Waals surface area contributed by atoms with E-state index >= 15 is 0 Å². The maximum atomic E-state index is 13.2. The van der Waals surface area contributed by atoms with Crippen LogP contribution >= 0.6 is 0 Å². The van der Waals surface area contributed by atoms with E-state index in [9.17, 15) is 14.4 Å². The van der Waals surface area contributed by atoms with Crippen molar-refractivity contribution in [2.45, 2.75) is 63.1 Å². The molecule has 0 spiro atoms. The molecule has 326 valence electrons. The topological polar surface area (TPSA) is 170 Å². The second-order valence-corrected chi connectivity index (χ2v) is 16.3. The van der Waals surface area contributed by atoms with Crippen molar-refractivity contribution in [3.63, 3.8) is 0 Å². The van der Waals surface area contributed by atoms with Crippen LogP contribution in [0.1, 0.15) is 72.0 Å². The van der Waals surface area contributed by atoms with Crippen molar-refractivity contribution >= 4 is 35.0 Å². The first-order valence-corrected chi connectivity index (χ1v) is 21.9. The van der Waals surface area contributed by atoms with Crippen LogP contribution in [0.4, 0.5) is 5.82 Å². The number of para-hydroxylation sites is 1. The molecule has 8 rings (SSSR count). The predicted molar refractivity (Wildman–Crippen MR) is 236 cm³/mol. The summed E-state index contributed by atoms with van der Waals surface area (Å²) in [7, 11) is 1.56. The van der Waals surface area contributed by atoms with Crippen molar-refractivity contribution in [1.82, 2.24) is 39.8 Å². The summed E-state index contributed by atoms with van der Waals surface area (Å²) in [6.45, 7) is 8.49. The van der Waals surface area contributed by atoms with Gasteiger partial charge in [-0.3, -0.25) is 9.59 Å². The molecule has 15 heteroatoms. The number of aromatic nitrogens is 4. The summed E-state index contributed by atoms with van der Waals surface area (Å²) in [5.74, 6) is 1.99. The molecule has 2 fully saturated rings. The summed E-state index contributed by atoms with van der Waals surface area (Å²) in [5, 5.41) is 8.50. The second-order valence-electron chi connectivity index (χ2n) is 16.3. The smallest absolute Gasteiger partial charge is 0.255 e. The Morgan fingerprint density at radius 2 is 1.55 bits per heavy atom. The summed E-state index contributed by atoms with van der Waals surface area (Å²) in [6.07, 6.45) is 6.84. The standard InChI is InChI=1S/C47H57N9O6/c1-49-46(58)41(8-5-25-57)55-31-36-30-35(11-14-40(36)47(55)59)33-15-19-53(20-16-33)23-26-60-28-29-61-27-24-54-21-17-37(18-22-54)56-45-42(44(48)50-32-51-45)43(52-56)34-9-12-39(13-10-34)62-38-6-3-2-4-7-38/h2-4,6-7,9-14,25,30,32-33,37,41H,5,8,15-24,26-29,31H2,1H3,(H,49,58)(H2,48,50,51). The summed E-state index contributed by atoms with van der Waals surface area (Å²) in [5.41, 5.74) is 11.7. The third kappa shape index (κ3) is 9.97. The van der Waals surface area contributed by atoms with E-state index in [1.807, 2.05) is 65.3 Å². The van der Waals surface area contributed by atoms with E-state index in [0.29, 0.717) is 56.7 Å². The number of anilines is 1. The molecule has 2 aromatic heterocycles. The van der Waals surface area contributed by atoms with Crippen LogP contribution in [-0.4, -0.2) is 131 Å². The lowest BCUT2D eigenvalue weighted by molar-refractivity contribution is -0.125. The maximum Gasteiger partial charge on any atom is 0.255 e. The number of nitrogens with one attached hydrogen (secondary N) is 1. The van der Waals surface area contributed by atoms with Crippen molar-refractivity contribution in [2.75, 3.05) is 78.5 Å². The molecule has 15 nitrogen and oxygen atoms in total. The van der Waals surface area contributed by atoms with Crippen LogP contribution in [-0.2, 0) is 25.6 Å². The normalized spacial score (nSPS) is 17.0. The van der Waals surface area contributed by atoms with E-state index in [0.717, 1.165) is 111 Å². The number of piperidine rings is 2. The van der Waals surface area contributed by atoms with Crippen molar-refractivity contribution in [3.05, 3.63) is 95.8 Å². The van der Waals surface area contributed by atoms with Crippen LogP contribution in [0.5, 0.6) is 11.5 Å². The second kappa shape index (κ2) is 20.4. The highest BCUT2D eigenvalue weighted by Crippen LogP contribution is 2.36. The third-order valence-corrected chi connectivity index (χ3v) is 12.5. The van der Waals surface area contributed by atoms with Crippen molar-refractivity contribution < 1.29 is 28.6 Å². The number of nitrogens with two attached hydrogens (primary N) is 1. The quantitative estimate of drug-likeness (QED) is 0.0796. The highest BCUT2D eigenvalue weighted by Gasteiger charge is 2.36. The number of carbonyl (C=O) groups excluding carboxylic acids is 3. The van der Waals surface area contributed by atoms with Gasteiger partial charge in [-0.1, -0.05) is 30.3 Å². The van der Waals surface area contributed by atoms with Gasteiger partial charge in [-0.2, -0.15) is 5.10 Å². The van der Waals surface area contributed by atoms with Crippen molar-refractivity contribution in [2.24, 2.45) is 0 Å². The molecule has 0 aliphatic carbocycles. The summed E-state index contributed by atoms with van der Waals surface area (Å²) in [4.78, 5) is 52.2. The average Bonchev–Trinajstić information content (AvgIpc) is 3.86. The van der Waals surface area contributed by atoms with Gasteiger partial charge in [0.25, 0.3) is 5.91 Å². The zero-order valence-electron chi connectivity index (χ0n) is 35.5. The maximum absolute atomic E-state index is 13.2. The third-order valence-electron chi connectivity index (χ3n) is 12.5. The number of carbonyl (C=O) groups is 3. The molecule has 0 bridgehead atoms. The first-order chi connectivity index (χ1) is 30.4. The Hall–Kier alpha value is -5.74. The number of nitrogen functional groups attached to an aromatic ring is 1. The molecule has 3 N–H and O–H groups in total. The largest absolute Gasteiger partial charge is 0.457 e. The van der Waals surface area contributed by atoms with Gasteiger partial charge in [0.05, 0.1) is 37.9 Å². The molecule has 2 amide bonds. The minimum absolute atomic E-state index is 0.143. The zero-order valence-corrected chi connectivity index (χ0v) is 35.5. The molecule has 0 radical (unpaired) electrons. The van der Waals surface area contributed by atoms with E-state index < -0.39 is 6.04 Å². The van der Waals surface area contributed by atoms with E-state index in [1.54, 1.807) is 11.9 Å². The Balaban J connectivity index is 0.716. The first kappa shape index (κ1) is 42.9. The number of ether oxygens (including phenoxy) is 3. The molecule has 5 heterocycles. The predicted octanol–water partition coefficient (Wildman–Crippen LogP) is 5.47. The van der Waals surface area contributed by atoms with Crippen LogP contribution in [0.3, 0.4) is 0 Å². The first-order valence-electron chi connectivity index (χ1n) is 21.9. The number of benzene rings is 3. The molecular weight excluding hydrogens is 787 g/mol. The summed E-state index contributed by atoms with van der Waals surface area (Å²) < 4.78 is 20.0. The lowest BCUT2D eigenvalue weighted by Gasteiger charge is -2.32. The molecule has 3 aliphatic heterocycles. The Morgan fingerprint density at radius 3 is 2.23 bits per heavy atom. The number of likely N-dealkylation sites (N-methyl/N-ethyl adjacent to an activating group) is 1. The fourth-order valence-electron chi connectivity index (χ4n) is 9.03. The average molecular weight is 844 g/mol. The van der Waals surface area contributed by atoms with Crippen LogP contribution in [0, 0.1) is 0 Å². The van der Waals surface area contributed by atoms with Gasteiger partial charge in [-0.15, -0.1) is 0 Å². The van der Waals surface area contributed by atoms with Crippen LogP contribution < -0.4 is 15.8 Å². The number of hydrogen-bond acceptors (Lipinski definition) is 12. The summed E-state index contributed by atoms with van der Waals surface area (Å²) in [6, 6.07) is 23.3. The van der Waals surface area contributed by atoms with Gasteiger partial charge in [0, 0.05) is 57.3 Å². The molecule has 3 aromatic carbocycles. The molecule has 0 saturated carbocycles. The van der Waals surface area contributed by atoms with Gasteiger partial charge in [-0.05, 0) is 105 Å². The molecular formula is C47H57N9O6. The monoisotopic (exact) mass is 843 g/mol. The highest BCUT2D eigenvalue weighted by molar-refractivity contribution is 6.01. The minimum atomic E-state index is -0.651. The Labute approximate surface area is 362 Å². The van der Waals surface area contributed by atoms with Gasteiger partial charge in [0.1, 0.15) is 41.7 Å². The van der Waals surface area contributed by atoms with E-state index in [4.69, 9.17) is 25.0 Å². The number of aldehydes is 1.